The molecular formula is C13H17FO2S. The van der Waals surface area contributed by atoms with Crippen LogP contribution < -0.4 is 0 Å². The second-order valence-electron chi connectivity index (χ2n) is 4.16. The Balaban J connectivity index is 2.69. The highest BCUT2D eigenvalue weighted by Crippen LogP contribution is 2.26. The summed E-state index contributed by atoms with van der Waals surface area (Å²) in [6.45, 7) is 4.24. The molecule has 0 saturated carbocycles. The Morgan fingerprint density at radius 1 is 1.53 bits per heavy atom. The number of thioether (sulfide) groups is 1. The summed E-state index contributed by atoms with van der Waals surface area (Å²) in [7, 11) is 0. The molecule has 0 aliphatic heterocycles. The molecule has 4 heteroatoms. The van der Waals surface area contributed by atoms with Crippen LogP contribution in [0.15, 0.2) is 23.1 Å². The summed E-state index contributed by atoms with van der Waals surface area (Å²) >= 11 is 1.39. The molecule has 1 atom stereocenters. The molecule has 0 bridgehead atoms. The third kappa shape index (κ3) is 4.38. The summed E-state index contributed by atoms with van der Waals surface area (Å²) in [5.41, 5.74) is 0.136. The van der Waals surface area contributed by atoms with E-state index in [0.29, 0.717) is 10.8 Å². The van der Waals surface area contributed by atoms with Crippen molar-refractivity contribution in [3.05, 3.63) is 29.6 Å². The van der Waals surface area contributed by atoms with Gasteiger partial charge in [0.1, 0.15) is 5.82 Å². The maximum atomic E-state index is 13.5. The molecule has 1 aromatic carbocycles. The smallest absolute Gasteiger partial charge is 0.335 e. The van der Waals surface area contributed by atoms with Crippen molar-refractivity contribution in [2.75, 3.05) is 5.75 Å². The molecule has 1 rings (SSSR count). The SMILES string of the molecule is CCCC(C)CSc1cc(C(=O)O)ccc1F. The van der Waals surface area contributed by atoms with E-state index in [-0.39, 0.29) is 11.4 Å². The molecule has 0 radical (unpaired) electrons. The standard InChI is InChI=1S/C13H17FO2S/c1-3-4-9(2)8-17-12-7-10(13(15)16)5-6-11(12)14/h5-7,9H,3-4,8H2,1-2H3,(H,15,16). The topological polar surface area (TPSA) is 37.3 Å². The minimum Gasteiger partial charge on any atom is -0.478 e. The number of aromatic carboxylic acids is 1. The lowest BCUT2D eigenvalue weighted by Crippen LogP contribution is -2.00. The maximum Gasteiger partial charge on any atom is 0.335 e. The molecule has 0 fully saturated rings. The van der Waals surface area contributed by atoms with Gasteiger partial charge >= 0.3 is 5.97 Å². The third-order valence-corrected chi connectivity index (χ3v) is 3.84. The number of carboxylic acid groups (broad SMARTS) is 1. The number of carboxylic acids is 1. The summed E-state index contributed by atoms with van der Waals surface area (Å²) in [4.78, 5) is 11.2. The van der Waals surface area contributed by atoms with Crippen molar-refractivity contribution >= 4 is 17.7 Å². The first kappa shape index (κ1) is 14.0. The molecule has 0 heterocycles. The highest BCUT2D eigenvalue weighted by atomic mass is 32.2. The minimum atomic E-state index is -1.02. The van der Waals surface area contributed by atoms with Crippen LogP contribution in [0.25, 0.3) is 0 Å². The van der Waals surface area contributed by atoms with E-state index >= 15 is 0 Å². The molecule has 2 nitrogen and oxygen atoms in total. The highest BCUT2D eigenvalue weighted by Gasteiger charge is 2.10. The third-order valence-electron chi connectivity index (χ3n) is 2.48. The lowest BCUT2D eigenvalue weighted by atomic mass is 10.1. The first-order valence-electron chi connectivity index (χ1n) is 5.70. The van der Waals surface area contributed by atoms with E-state index in [2.05, 4.69) is 13.8 Å². The van der Waals surface area contributed by atoms with Gasteiger partial charge in [-0.1, -0.05) is 26.7 Å². The van der Waals surface area contributed by atoms with Gasteiger partial charge < -0.3 is 5.11 Å². The Morgan fingerprint density at radius 3 is 2.82 bits per heavy atom. The number of benzene rings is 1. The van der Waals surface area contributed by atoms with Crippen molar-refractivity contribution in [3.63, 3.8) is 0 Å². The van der Waals surface area contributed by atoms with Crippen molar-refractivity contribution in [1.82, 2.24) is 0 Å². The second kappa shape index (κ2) is 6.64. The Bertz CT molecular complexity index is 393. The van der Waals surface area contributed by atoms with Crippen LogP contribution in [0, 0.1) is 11.7 Å². The van der Waals surface area contributed by atoms with Gasteiger partial charge in [0.25, 0.3) is 0 Å². The van der Waals surface area contributed by atoms with Crippen LogP contribution in [0.3, 0.4) is 0 Å². The van der Waals surface area contributed by atoms with Crippen LogP contribution >= 0.6 is 11.8 Å². The molecule has 0 amide bonds. The zero-order chi connectivity index (χ0) is 12.8. The molecule has 0 saturated heterocycles. The molecule has 0 aromatic heterocycles. The molecule has 17 heavy (non-hydrogen) atoms. The van der Waals surface area contributed by atoms with E-state index in [1.807, 2.05) is 0 Å². The van der Waals surface area contributed by atoms with Gasteiger partial charge in [0.2, 0.25) is 0 Å². The molecule has 0 aliphatic rings. The fourth-order valence-electron chi connectivity index (χ4n) is 1.56. The van der Waals surface area contributed by atoms with Crippen LogP contribution in [0.5, 0.6) is 0 Å². The van der Waals surface area contributed by atoms with Gasteiger partial charge in [-0.25, -0.2) is 9.18 Å². The largest absolute Gasteiger partial charge is 0.478 e. The first-order chi connectivity index (χ1) is 8.04. The maximum absolute atomic E-state index is 13.5. The normalized spacial score (nSPS) is 12.4. The lowest BCUT2D eigenvalue weighted by molar-refractivity contribution is 0.0696. The fourth-order valence-corrected chi connectivity index (χ4v) is 2.60. The van der Waals surface area contributed by atoms with Crippen molar-refractivity contribution in [2.24, 2.45) is 5.92 Å². The summed E-state index contributed by atoms with van der Waals surface area (Å²) in [5.74, 6) is -0.0385. The van der Waals surface area contributed by atoms with Gasteiger partial charge in [-0.3, -0.25) is 0 Å². The molecular weight excluding hydrogens is 239 g/mol. The predicted molar refractivity (Wildman–Crippen MR) is 68.2 cm³/mol. The van der Waals surface area contributed by atoms with Crippen LogP contribution in [0.1, 0.15) is 37.0 Å². The van der Waals surface area contributed by atoms with E-state index in [1.165, 1.54) is 30.0 Å². The van der Waals surface area contributed by atoms with E-state index in [1.54, 1.807) is 0 Å². The Hall–Kier alpha value is -1.03. The molecule has 0 spiro atoms. The first-order valence-corrected chi connectivity index (χ1v) is 6.68. The van der Waals surface area contributed by atoms with Gasteiger partial charge in [-0.15, -0.1) is 11.8 Å². The van der Waals surface area contributed by atoms with Gasteiger partial charge in [0.15, 0.2) is 0 Å². The second-order valence-corrected chi connectivity index (χ2v) is 5.22. The van der Waals surface area contributed by atoms with Gasteiger partial charge in [0.05, 0.1) is 5.56 Å². The molecule has 0 aliphatic carbocycles. The zero-order valence-electron chi connectivity index (χ0n) is 10.1. The van der Waals surface area contributed by atoms with Crippen LogP contribution in [0.4, 0.5) is 4.39 Å². The zero-order valence-corrected chi connectivity index (χ0v) is 10.9. The summed E-state index contributed by atoms with van der Waals surface area (Å²) in [6.07, 6.45) is 2.21. The van der Waals surface area contributed by atoms with E-state index in [4.69, 9.17) is 5.11 Å². The van der Waals surface area contributed by atoms with E-state index in [0.717, 1.165) is 18.6 Å². The molecule has 94 valence electrons. The molecule has 1 N–H and O–H groups in total. The highest BCUT2D eigenvalue weighted by molar-refractivity contribution is 7.99. The number of carbonyl (C=O) groups is 1. The van der Waals surface area contributed by atoms with E-state index in [9.17, 15) is 9.18 Å². The quantitative estimate of drug-likeness (QED) is 0.780. The Morgan fingerprint density at radius 2 is 2.24 bits per heavy atom. The Labute approximate surface area is 105 Å². The Kier molecular flexibility index (Phi) is 5.48. The van der Waals surface area contributed by atoms with Crippen molar-refractivity contribution in [2.45, 2.75) is 31.6 Å². The number of halogens is 1. The molecule has 1 unspecified atom stereocenters. The van der Waals surface area contributed by atoms with Crippen molar-refractivity contribution < 1.29 is 14.3 Å². The summed E-state index contributed by atoms with van der Waals surface area (Å²) in [6, 6.07) is 3.91. The lowest BCUT2D eigenvalue weighted by Gasteiger charge is -2.10. The summed E-state index contributed by atoms with van der Waals surface area (Å²) < 4.78 is 13.5. The van der Waals surface area contributed by atoms with Crippen LogP contribution in [-0.4, -0.2) is 16.8 Å². The van der Waals surface area contributed by atoms with Crippen molar-refractivity contribution in [1.29, 1.82) is 0 Å². The van der Waals surface area contributed by atoms with Crippen molar-refractivity contribution in [3.8, 4) is 0 Å². The summed E-state index contributed by atoms with van der Waals surface area (Å²) in [5, 5.41) is 8.83. The number of hydrogen-bond donors (Lipinski definition) is 1. The van der Waals surface area contributed by atoms with Gasteiger partial charge in [0, 0.05) is 10.6 Å². The average molecular weight is 256 g/mol. The minimum absolute atomic E-state index is 0.136. The van der Waals surface area contributed by atoms with E-state index < -0.39 is 5.97 Å². The number of hydrogen-bond acceptors (Lipinski definition) is 2. The van der Waals surface area contributed by atoms with Crippen LogP contribution in [-0.2, 0) is 0 Å². The van der Waals surface area contributed by atoms with Crippen LogP contribution in [0.2, 0.25) is 0 Å². The fraction of sp³-hybridized carbons (Fsp3) is 0.462. The monoisotopic (exact) mass is 256 g/mol. The van der Waals surface area contributed by atoms with Gasteiger partial charge in [-0.2, -0.15) is 0 Å². The average Bonchev–Trinajstić information content (AvgIpc) is 2.28. The predicted octanol–water partition coefficient (Wildman–Crippen LogP) is 4.05. The molecule has 1 aromatic rings. The number of rotatable bonds is 6. The van der Waals surface area contributed by atoms with Gasteiger partial charge in [-0.05, 0) is 24.1 Å².